The fraction of sp³-hybridized carbons (Fsp3) is 0.409. The molecule has 0 radical (unpaired) electrons. The van der Waals surface area contributed by atoms with Crippen molar-refractivity contribution in [3.8, 4) is 5.75 Å². The Balaban J connectivity index is 1.91. The molecule has 0 unspecified atom stereocenters. The molecule has 1 aliphatic rings. The zero-order valence-corrected chi connectivity index (χ0v) is 16.4. The maximum atomic E-state index is 14.5. The molecule has 144 valence electrons. The number of nitrogens with zero attached hydrogens (tertiary/aromatic N) is 1. The summed E-state index contributed by atoms with van der Waals surface area (Å²) in [6.07, 6.45) is 2.55. The average Bonchev–Trinajstić information content (AvgIpc) is 2.80. The molecule has 0 saturated heterocycles. The Bertz CT molecular complexity index is 825. The van der Waals surface area contributed by atoms with E-state index in [1.165, 1.54) is 0 Å². The number of carbonyl (C=O) groups is 1. The second-order valence-electron chi connectivity index (χ2n) is 7.46. The molecule has 0 spiro atoms. The molecule has 27 heavy (non-hydrogen) atoms. The fourth-order valence-electron chi connectivity index (χ4n) is 3.74. The van der Waals surface area contributed by atoms with Crippen molar-refractivity contribution in [1.29, 1.82) is 0 Å². The van der Waals surface area contributed by atoms with Crippen LogP contribution in [0.4, 0.5) is 15.8 Å². The van der Waals surface area contributed by atoms with Crippen molar-refractivity contribution in [2.45, 2.75) is 53.2 Å². The Morgan fingerprint density at radius 2 is 1.85 bits per heavy atom. The SMILES string of the molecule is Cc1cc(N2CCCc3cc(OC(C)C)c(F)cc3C2)cc(C)c1NC=O. The lowest BCUT2D eigenvalue weighted by Gasteiger charge is -2.25. The maximum Gasteiger partial charge on any atom is 0.211 e. The molecule has 2 aromatic carbocycles. The van der Waals surface area contributed by atoms with Crippen molar-refractivity contribution >= 4 is 17.8 Å². The second-order valence-corrected chi connectivity index (χ2v) is 7.46. The lowest BCUT2D eigenvalue weighted by atomic mass is 10.0. The topological polar surface area (TPSA) is 41.6 Å². The predicted molar refractivity (Wildman–Crippen MR) is 107 cm³/mol. The van der Waals surface area contributed by atoms with Crippen molar-refractivity contribution in [2.75, 3.05) is 16.8 Å². The van der Waals surface area contributed by atoms with E-state index in [0.29, 0.717) is 18.7 Å². The summed E-state index contributed by atoms with van der Waals surface area (Å²) in [5, 5.41) is 2.77. The number of ether oxygens (including phenoxy) is 1. The van der Waals surface area contributed by atoms with E-state index < -0.39 is 0 Å². The van der Waals surface area contributed by atoms with Gasteiger partial charge in [0.05, 0.1) is 6.10 Å². The first kappa shape index (κ1) is 19.2. The number of benzene rings is 2. The summed E-state index contributed by atoms with van der Waals surface area (Å²) in [5.41, 5.74) is 6.15. The minimum atomic E-state index is -0.304. The Hall–Kier alpha value is -2.56. The van der Waals surface area contributed by atoms with Gasteiger partial charge in [-0.15, -0.1) is 0 Å². The molecule has 4 nitrogen and oxygen atoms in total. The van der Waals surface area contributed by atoms with E-state index in [1.807, 2.05) is 33.8 Å². The molecule has 0 atom stereocenters. The molecule has 0 bridgehead atoms. The van der Waals surface area contributed by atoms with E-state index >= 15 is 0 Å². The van der Waals surface area contributed by atoms with Crippen LogP contribution in [0.5, 0.6) is 5.75 Å². The summed E-state index contributed by atoms with van der Waals surface area (Å²) >= 11 is 0. The van der Waals surface area contributed by atoms with Crippen molar-refractivity contribution in [3.63, 3.8) is 0 Å². The number of fused-ring (bicyclic) bond motifs is 1. The highest BCUT2D eigenvalue weighted by atomic mass is 19.1. The molecule has 1 amide bonds. The molecular formula is C22H27FN2O2. The molecule has 2 aromatic rings. The van der Waals surface area contributed by atoms with Gasteiger partial charge in [-0.25, -0.2) is 4.39 Å². The van der Waals surface area contributed by atoms with Gasteiger partial charge in [0.1, 0.15) is 0 Å². The number of hydrogen-bond donors (Lipinski definition) is 1. The lowest BCUT2D eigenvalue weighted by molar-refractivity contribution is -0.105. The van der Waals surface area contributed by atoms with Gasteiger partial charge in [-0.1, -0.05) is 0 Å². The Labute approximate surface area is 160 Å². The fourth-order valence-corrected chi connectivity index (χ4v) is 3.74. The molecule has 5 heteroatoms. The lowest BCUT2D eigenvalue weighted by Crippen LogP contribution is -2.23. The Kier molecular flexibility index (Phi) is 5.68. The Morgan fingerprint density at radius 1 is 1.15 bits per heavy atom. The number of nitrogens with one attached hydrogen (secondary N) is 1. The van der Waals surface area contributed by atoms with Gasteiger partial charge in [-0.05, 0) is 87.1 Å². The van der Waals surface area contributed by atoms with Gasteiger partial charge in [-0.2, -0.15) is 0 Å². The van der Waals surface area contributed by atoms with Crippen LogP contribution in [-0.2, 0) is 17.8 Å². The summed E-state index contributed by atoms with van der Waals surface area (Å²) in [4.78, 5) is 13.1. The van der Waals surface area contributed by atoms with Gasteiger partial charge in [0.15, 0.2) is 11.6 Å². The van der Waals surface area contributed by atoms with Crippen molar-refractivity contribution in [3.05, 3.63) is 52.3 Å². The maximum absolute atomic E-state index is 14.5. The van der Waals surface area contributed by atoms with E-state index in [9.17, 15) is 9.18 Å². The third-order valence-electron chi connectivity index (χ3n) is 4.94. The van der Waals surface area contributed by atoms with Gasteiger partial charge in [-0.3, -0.25) is 4.79 Å². The molecule has 0 aromatic heterocycles. The van der Waals surface area contributed by atoms with Crippen molar-refractivity contribution < 1.29 is 13.9 Å². The highest BCUT2D eigenvalue weighted by Crippen LogP contribution is 2.32. The van der Waals surface area contributed by atoms with Crippen molar-refractivity contribution in [2.24, 2.45) is 0 Å². The quantitative estimate of drug-likeness (QED) is 0.772. The zero-order valence-electron chi connectivity index (χ0n) is 16.4. The molecule has 0 saturated carbocycles. The number of rotatable bonds is 5. The summed E-state index contributed by atoms with van der Waals surface area (Å²) in [7, 11) is 0. The summed E-state index contributed by atoms with van der Waals surface area (Å²) < 4.78 is 20.1. The monoisotopic (exact) mass is 370 g/mol. The van der Waals surface area contributed by atoms with E-state index in [1.54, 1.807) is 6.07 Å². The van der Waals surface area contributed by atoms with E-state index in [4.69, 9.17) is 4.74 Å². The van der Waals surface area contributed by atoms with Crippen molar-refractivity contribution in [1.82, 2.24) is 0 Å². The average molecular weight is 370 g/mol. The number of amides is 1. The number of hydrogen-bond acceptors (Lipinski definition) is 3. The van der Waals surface area contributed by atoms with Crippen LogP contribution < -0.4 is 15.0 Å². The Morgan fingerprint density at radius 3 is 2.48 bits per heavy atom. The summed E-state index contributed by atoms with van der Waals surface area (Å²) in [6.45, 7) is 9.34. The van der Waals surface area contributed by atoms with E-state index in [0.717, 1.165) is 53.0 Å². The van der Waals surface area contributed by atoms with Crippen LogP contribution in [0.2, 0.25) is 0 Å². The number of aryl methyl sites for hydroxylation is 3. The summed E-state index contributed by atoms with van der Waals surface area (Å²) in [5.74, 6) is 0.0374. The number of carbonyl (C=O) groups excluding carboxylic acids is 1. The third kappa shape index (κ3) is 4.24. The minimum absolute atomic E-state index is 0.0516. The van der Waals surface area contributed by atoms with Crippen LogP contribution in [0.15, 0.2) is 24.3 Å². The summed E-state index contributed by atoms with van der Waals surface area (Å²) in [6, 6.07) is 7.64. The van der Waals surface area contributed by atoms with Gasteiger partial charge >= 0.3 is 0 Å². The normalized spacial score (nSPS) is 13.9. The van der Waals surface area contributed by atoms with Crippen LogP contribution in [0.25, 0.3) is 0 Å². The molecule has 1 N–H and O–H groups in total. The first-order valence-corrected chi connectivity index (χ1v) is 9.43. The largest absolute Gasteiger partial charge is 0.488 e. The van der Waals surface area contributed by atoms with E-state index in [2.05, 4.69) is 22.3 Å². The van der Waals surface area contributed by atoms with Crippen LogP contribution in [0.1, 0.15) is 42.5 Å². The van der Waals surface area contributed by atoms with Gasteiger partial charge < -0.3 is 15.0 Å². The predicted octanol–water partition coefficient (Wildman–Crippen LogP) is 4.75. The molecule has 1 aliphatic heterocycles. The van der Waals surface area contributed by atoms with Gasteiger partial charge in [0.25, 0.3) is 0 Å². The molecular weight excluding hydrogens is 343 g/mol. The van der Waals surface area contributed by atoms with E-state index in [-0.39, 0.29) is 11.9 Å². The first-order chi connectivity index (χ1) is 12.9. The molecule has 1 heterocycles. The van der Waals surface area contributed by atoms with Gasteiger partial charge in [0.2, 0.25) is 6.41 Å². The minimum Gasteiger partial charge on any atom is -0.488 e. The second kappa shape index (κ2) is 7.99. The van der Waals surface area contributed by atoms with Crippen LogP contribution >= 0.6 is 0 Å². The number of anilines is 2. The van der Waals surface area contributed by atoms with Crippen LogP contribution in [-0.4, -0.2) is 19.1 Å². The standard InChI is InChI=1S/C22H27FN2O2/c1-14(2)27-21-11-17-6-5-7-25(12-18(17)10-20(21)23)19-8-15(3)22(24-13-26)16(4)9-19/h8-11,13-14H,5-7,12H2,1-4H3,(H,24,26). The highest BCUT2D eigenvalue weighted by Gasteiger charge is 2.19. The van der Waals surface area contributed by atoms with Gasteiger partial charge in [0, 0.05) is 24.5 Å². The number of halogens is 1. The van der Waals surface area contributed by atoms with Crippen LogP contribution in [0, 0.1) is 19.7 Å². The molecule has 0 aliphatic carbocycles. The highest BCUT2D eigenvalue weighted by molar-refractivity contribution is 5.77. The van der Waals surface area contributed by atoms with Crippen LogP contribution in [0.3, 0.4) is 0 Å². The smallest absolute Gasteiger partial charge is 0.211 e. The molecule has 3 rings (SSSR count). The zero-order chi connectivity index (χ0) is 19.6. The molecule has 0 fully saturated rings. The third-order valence-corrected chi connectivity index (χ3v) is 4.94. The first-order valence-electron chi connectivity index (χ1n) is 9.43.